The van der Waals surface area contributed by atoms with Crippen LogP contribution in [-0.4, -0.2) is 23.0 Å². The molecule has 1 saturated heterocycles. The molecule has 0 unspecified atom stereocenters. The third-order valence-electron chi connectivity index (χ3n) is 3.05. The molecular formula is C9H12N2O. The zero-order valence-corrected chi connectivity index (χ0v) is 6.94. The minimum atomic E-state index is 0.552. The number of aromatic nitrogens is 2. The summed E-state index contributed by atoms with van der Waals surface area (Å²) in [5.74, 6) is 0. The van der Waals surface area contributed by atoms with Crippen LogP contribution in [0.2, 0.25) is 0 Å². The Kier molecular flexibility index (Phi) is 1.17. The van der Waals surface area contributed by atoms with Crippen molar-refractivity contribution in [1.29, 1.82) is 0 Å². The van der Waals surface area contributed by atoms with Crippen molar-refractivity contribution in [3.63, 3.8) is 0 Å². The van der Waals surface area contributed by atoms with E-state index in [1.807, 2.05) is 12.3 Å². The van der Waals surface area contributed by atoms with Crippen LogP contribution >= 0.6 is 0 Å². The molecule has 0 amide bonds. The van der Waals surface area contributed by atoms with Gasteiger partial charge in [-0.05, 0) is 18.9 Å². The Labute approximate surface area is 71.3 Å². The molecule has 2 aliphatic rings. The highest BCUT2D eigenvalue weighted by Crippen LogP contribution is 2.52. The number of hydrogen-bond acceptors (Lipinski definition) is 2. The quantitative estimate of drug-likeness (QED) is 0.624. The summed E-state index contributed by atoms with van der Waals surface area (Å²) in [7, 11) is 0. The van der Waals surface area contributed by atoms with E-state index in [-0.39, 0.29) is 0 Å². The fraction of sp³-hybridized carbons (Fsp3) is 0.667. The van der Waals surface area contributed by atoms with Gasteiger partial charge in [0, 0.05) is 17.8 Å². The average molecular weight is 164 g/mol. The van der Waals surface area contributed by atoms with Crippen molar-refractivity contribution in [1.82, 2.24) is 9.78 Å². The van der Waals surface area contributed by atoms with Gasteiger partial charge in [0.15, 0.2) is 0 Å². The molecule has 1 saturated carbocycles. The second kappa shape index (κ2) is 2.10. The predicted molar refractivity (Wildman–Crippen MR) is 43.8 cm³/mol. The molecule has 1 aliphatic carbocycles. The number of ether oxygens (including phenoxy) is 1. The van der Waals surface area contributed by atoms with Crippen LogP contribution in [0.15, 0.2) is 18.5 Å². The van der Waals surface area contributed by atoms with Crippen LogP contribution < -0.4 is 0 Å². The van der Waals surface area contributed by atoms with Crippen LogP contribution in [0, 0.1) is 5.41 Å². The first kappa shape index (κ1) is 6.66. The Bertz CT molecular complexity index is 269. The molecule has 0 radical (unpaired) electrons. The summed E-state index contributed by atoms with van der Waals surface area (Å²) in [5.41, 5.74) is 0.552. The topological polar surface area (TPSA) is 27.1 Å². The van der Waals surface area contributed by atoms with E-state index in [1.54, 1.807) is 0 Å². The zero-order chi connectivity index (χ0) is 8.02. The van der Waals surface area contributed by atoms with Gasteiger partial charge in [-0.15, -0.1) is 0 Å². The normalized spacial score (nSPS) is 26.7. The molecule has 1 aromatic rings. The Morgan fingerprint density at radius 3 is 2.75 bits per heavy atom. The summed E-state index contributed by atoms with van der Waals surface area (Å²) >= 11 is 0. The summed E-state index contributed by atoms with van der Waals surface area (Å²) in [5, 5.41) is 4.24. The molecular weight excluding hydrogens is 152 g/mol. The van der Waals surface area contributed by atoms with Crippen molar-refractivity contribution < 1.29 is 4.74 Å². The molecule has 0 atom stereocenters. The molecule has 12 heavy (non-hydrogen) atoms. The fourth-order valence-electron chi connectivity index (χ4n) is 2.25. The van der Waals surface area contributed by atoms with Crippen LogP contribution in [0.5, 0.6) is 0 Å². The van der Waals surface area contributed by atoms with Gasteiger partial charge in [0.1, 0.15) is 0 Å². The van der Waals surface area contributed by atoms with Gasteiger partial charge in [-0.1, -0.05) is 0 Å². The lowest BCUT2D eigenvalue weighted by Gasteiger charge is -2.53. The highest BCUT2D eigenvalue weighted by molar-refractivity contribution is 5.01. The van der Waals surface area contributed by atoms with Crippen LogP contribution in [0.3, 0.4) is 0 Å². The lowest BCUT2D eigenvalue weighted by Crippen LogP contribution is -2.52. The first-order chi connectivity index (χ1) is 5.88. The van der Waals surface area contributed by atoms with E-state index in [4.69, 9.17) is 4.74 Å². The van der Waals surface area contributed by atoms with Crippen molar-refractivity contribution in [2.75, 3.05) is 13.2 Å². The van der Waals surface area contributed by atoms with E-state index in [0.717, 1.165) is 13.2 Å². The molecule has 1 aliphatic heterocycles. The van der Waals surface area contributed by atoms with Crippen LogP contribution in [-0.2, 0) is 4.74 Å². The monoisotopic (exact) mass is 164 g/mol. The highest BCUT2D eigenvalue weighted by atomic mass is 16.5. The van der Waals surface area contributed by atoms with Crippen LogP contribution in [0.4, 0.5) is 0 Å². The maximum Gasteiger partial charge on any atom is 0.0546 e. The SMILES string of the molecule is c1cnn(C2CC3(COC3)C2)c1. The Morgan fingerprint density at radius 2 is 2.25 bits per heavy atom. The Hall–Kier alpha value is -0.830. The standard InChI is InChI=1S/C9H12N2O/c1-2-10-11(3-1)8-4-9(5-8)6-12-7-9/h1-3,8H,4-7H2. The summed E-state index contributed by atoms with van der Waals surface area (Å²) in [4.78, 5) is 0. The maximum absolute atomic E-state index is 5.22. The predicted octanol–water partition coefficient (Wildman–Crippen LogP) is 1.23. The maximum atomic E-state index is 5.22. The number of hydrogen-bond donors (Lipinski definition) is 0. The van der Waals surface area contributed by atoms with Gasteiger partial charge in [0.2, 0.25) is 0 Å². The van der Waals surface area contributed by atoms with Crippen molar-refractivity contribution >= 4 is 0 Å². The van der Waals surface area contributed by atoms with Gasteiger partial charge < -0.3 is 4.74 Å². The van der Waals surface area contributed by atoms with E-state index in [1.165, 1.54) is 12.8 Å². The fourth-order valence-corrected chi connectivity index (χ4v) is 2.25. The lowest BCUT2D eigenvalue weighted by atomic mass is 9.64. The second-order valence-corrected chi connectivity index (χ2v) is 4.04. The smallest absolute Gasteiger partial charge is 0.0546 e. The van der Waals surface area contributed by atoms with Gasteiger partial charge in [-0.25, -0.2) is 0 Å². The third-order valence-corrected chi connectivity index (χ3v) is 3.05. The van der Waals surface area contributed by atoms with E-state index in [9.17, 15) is 0 Å². The van der Waals surface area contributed by atoms with Crippen LogP contribution in [0.25, 0.3) is 0 Å². The summed E-state index contributed by atoms with van der Waals surface area (Å²) < 4.78 is 7.29. The molecule has 3 heteroatoms. The Balaban J connectivity index is 1.69. The average Bonchev–Trinajstić information content (AvgIpc) is 2.32. The Morgan fingerprint density at radius 1 is 1.42 bits per heavy atom. The van der Waals surface area contributed by atoms with Crippen LogP contribution in [0.1, 0.15) is 18.9 Å². The zero-order valence-electron chi connectivity index (χ0n) is 6.94. The number of nitrogens with zero attached hydrogens (tertiary/aromatic N) is 2. The minimum absolute atomic E-state index is 0.552. The third kappa shape index (κ3) is 0.771. The molecule has 1 spiro atoms. The van der Waals surface area contributed by atoms with E-state index < -0.39 is 0 Å². The van der Waals surface area contributed by atoms with Gasteiger partial charge in [-0.2, -0.15) is 5.10 Å². The van der Waals surface area contributed by atoms with Crippen molar-refractivity contribution in [3.8, 4) is 0 Å². The molecule has 2 heterocycles. The van der Waals surface area contributed by atoms with Crippen molar-refractivity contribution in [3.05, 3.63) is 18.5 Å². The van der Waals surface area contributed by atoms with Crippen molar-refractivity contribution in [2.24, 2.45) is 5.41 Å². The molecule has 64 valence electrons. The van der Waals surface area contributed by atoms with E-state index >= 15 is 0 Å². The van der Waals surface area contributed by atoms with E-state index in [2.05, 4.69) is 16.0 Å². The van der Waals surface area contributed by atoms with E-state index in [0.29, 0.717) is 11.5 Å². The molecule has 0 bridgehead atoms. The largest absolute Gasteiger partial charge is 0.380 e. The lowest BCUT2D eigenvalue weighted by molar-refractivity contribution is -0.175. The van der Waals surface area contributed by atoms with Gasteiger partial charge in [-0.3, -0.25) is 4.68 Å². The molecule has 3 rings (SSSR count). The first-order valence-electron chi connectivity index (χ1n) is 4.45. The van der Waals surface area contributed by atoms with Gasteiger partial charge in [0.25, 0.3) is 0 Å². The summed E-state index contributed by atoms with van der Waals surface area (Å²) in [6, 6.07) is 2.63. The van der Waals surface area contributed by atoms with Gasteiger partial charge >= 0.3 is 0 Å². The molecule has 1 aromatic heterocycles. The molecule has 3 nitrogen and oxygen atoms in total. The molecule has 2 fully saturated rings. The molecule has 0 N–H and O–H groups in total. The first-order valence-corrected chi connectivity index (χ1v) is 4.45. The molecule has 0 aromatic carbocycles. The minimum Gasteiger partial charge on any atom is -0.380 e. The van der Waals surface area contributed by atoms with Crippen molar-refractivity contribution in [2.45, 2.75) is 18.9 Å². The van der Waals surface area contributed by atoms with Gasteiger partial charge in [0.05, 0.1) is 19.3 Å². The highest BCUT2D eigenvalue weighted by Gasteiger charge is 2.50. The number of rotatable bonds is 1. The summed E-state index contributed by atoms with van der Waals surface area (Å²) in [6.45, 7) is 1.95. The second-order valence-electron chi connectivity index (χ2n) is 4.04. The summed E-state index contributed by atoms with van der Waals surface area (Å²) in [6.07, 6.45) is 6.42.